The third-order valence-corrected chi connectivity index (χ3v) is 2.68. The van der Waals surface area contributed by atoms with Gasteiger partial charge in [-0.15, -0.1) is 6.42 Å². The molecule has 2 atom stereocenters. The molecule has 0 saturated heterocycles. The molecule has 0 fully saturated rings. The summed E-state index contributed by atoms with van der Waals surface area (Å²) in [6.07, 6.45) is 9.53. The van der Waals surface area contributed by atoms with E-state index in [4.69, 9.17) is 16.2 Å². The fourth-order valence-electron chi connectivity index (χ4n) is 1.13. The van der Waals surface area contributed by atoms with E-state index >= 15 is 0 Å². The fourth-order valence-corrected chi connectivity index (χ4v) is 1.81. The Bertz CT molecular complexity index is 311. The van der Waals surface area contributed by atoms with Gasteiger partial charge in [0.1, 0.15) is 5.60 Å². The molecule has 0 heterocycles. The summed E-state index contributed by atoms with van der Waals surface area (Å²) in [6.45, 7) is 1.50. The molecule has 4 nitrogen and oxygen atoms in total. The number of hydrogen-bond acceptors (Lipinski definition) is 2. The molecule has 1 rings (SSSR count). The van der Waals surface area contributed by atoms with E-state index in [0.29, 0.717) is 6.42 Å². The van der Waals surface area contributed by atoms with Crippen molar-refractivity contribution in [1.82, 2.24) is 0 Å². The molecule has 0 spiro atoms. The van der Waals surface area contributed by atoms with Gasteiger partial charge in [0, 0.05) is 5.92 Å². The van der Waals surface area contributed by atoms with Crippen LogP contribution in [0.15, 0.2) is 12.2 Å². The summed E-state index contributed by atoms with van der Waals surface area (Å²) in [6, 6.07) is 0. The minimum Gasteiger partial charge on any atom is -0.303 e. The van der Waals surface area contributed by atoms with Gasteiger partial charge in [0.2, 0.25) is 0 Å². The Hall–Kier alpha value is -0.590. The van der Waals surface area contributed by atoms with Crippen molar-refractivity contribution in [1.29, 1.82) is 0 Å². The van der Waals surface area contributed by atoms with Gasteiger partial charge in [-0.1, -0.05) is 18.1 Å². The molecule has 0 aromatic carbocycles. The van der Waals surface area contributed by atoms with Crippen molar-refractivity contribution >= 4 is 7.82 Å². The molecule has 72 valence electrons. The lowest BCUT2D eigenvalue weighted by atomic mass is 9.81. The molecule has 0 aromatic rings. The number of phosphoric acid groups is 1. The summed E-state index contributed by atoms with van der Waals surface area (Å²) in [5.41, 5.74) is -1.20. The first-order chi connectivity index (χ1) is 5.87. The Balaban J connectivity index is 2.77. The van der Waals surface area contributed by atoms with Gasteiger partial charge in [0.05, 0.1) is 0 Å². The molecule has 0 aliphatic heterocycles. The van der Waals surface area contributed by atoms with Crippen LogP contribution in [-0.2, 0) is 9.09 Å². The monoisotopic (exact) mass is 202 g/mol. The quantitative estimate of drug-likeness (QED) is 0.408. The van der Waals surface area contributed by atoms with E-state index in [1.807, 2.05) is 6.08 Å². The predicted octanol–water partition coefficient (Wildman–Crippen LogP) is 1.06. The average molecular weight is 202 g/mol. The van der Waals surface area contributed by atoms with Crippen LogP contribution in [0.2, 0.25) is 0 Å². The lowest BCUT2D eigenvalue weighted by molar-refractivity contribution is 0.0588. The standard InChI is InChI=1S/C8H11O4P/c1-3-8(2,7-5-4-6-7)12-13(9,10)11/h1,4-5,7H,6H2,2H3,(H2,9,10,11). The molecule has 2 N–H and O–H groups in total. The van der Waals surface area contributed by atoms with Crippen molar-refractivity contribution in [3.63, 3.8) is 0 Å². The Morgan fingerprint density at radius 1 is 1.77 bits per heavy atom. The molecule has 0 radical (unpaired) electrons. The van der Waals surface area contributed by atoms with Crippen LogP contribution in [0, 0.1) is 18.3 Å². The van der Waals surface area contributed by atoms with E-state index < -0.39 is 13.4 Å². The summed E-state index contributed by atoms with van der Waals surface area (Å²) in [4.78, 5) is 17.2. The van der Waals surface area contributed by atoms with Crippen LogP contribution in [-0.4, -0.2) is 15.4 Å². The van der Waals surface area contributed by atoms with Gasteiger partial charge in [0.15, 0.2) is 0 Å². The third kappa shape index (κ3) is 2.43. The molecule has 0 bridgehead atoms. The maximum atomic E-state index is 10.6. The SMILES string of the molecule is C#CC(C)(OP(=O)(O)O)C1C=CC1. The summed E-state index contributed by atoms with van der Waals surface area (Å²) >= 11 is 0. The number of hydrogen-bond donors (Lipinski definition) is 2. The van der Waals surface area contributed by atoms with Gasteiger partial charge in [0.25, 0.3) is 0 Å². The first kappa shape index (κ1) is 10.5. The Labute approximate surface area is 76.8 Å². The Morgan fingerprint density at radius 2 is 2.31 bits per heavy atom. The van der Waals surface area contributed by atoms with Crippen molar-refractivity contribution in [2.24, 2.45) is 5.92 Å². The van der Waals surface area contributed by atoms with Crippen LogP contribution < -0.4 is 0 Å². The lowest BCUT2D eigenvalue weighted by Crippen LogP contribution is -2.36. The van der Waals surface area contributed by atoms with E-state index in [1.165, 1.54) is 6.92 Å². The fraction of sp³-hybridized carbons (Fsp3) is 0.500. The van der Waals surface area contributed by atoms with Crippen molar-refractivity contribution in [2.75, 3.05) is 0 Å². The molecule has 13 heavy (non-hydrogen) atoms. The van der Waals surface area contributed by atoms with E-state index in [0.717, 1.165) is 0 Å². The largest absolute Gasteiger partial charge is 0.471 e. The second-order valence-corrected chi connectivity index (χ2v) is 4.27. The molecule has 1 aliphatic carbocycles. The highest BCUT2D eigenvalue weighted by atomic mass is 31.2. The predicted molar refractivity (Wildman–Crippen MR) is 47.6 cm³/mol. The summed E-state index contributed by atoms with van der Waals surface area (Å²) in [5, 5.41) is 0. The molecular formula is C8H11O4P. The zero-order valence-electron chi connectivity index (χ0n) is 7.17. The van der Waals surface area contributed by atoms with Gasteiger partial charge in [-0.05, 0) is 13.3 Å². The van der Waals surface area contributed by atoms with Crippen LogP contribution in [0.5, 0.6) is 0 Å². The minimum absolute atomic E-state index is 0.106. The van der Waals surface area contributed by atoms with Crippen LogP contribution in [0.4, 0.5) is 0 Å². The maximum Gasteiger partial charge on any atom is 0.471 e. The maximum absolute atomic E-state index is 10.6. The van der Waals surface area contributed by atoms with Crippen LogP contribution in [0.25, 0.3) is 0 Å². The van der Waals surface area contributed by atoms with E-state index in [2.05, 4.69) is 10.4 Å². The molecular weight excluding hydrogens is 191 g/mol. The van der Waals surface area contributed by atoms with E-state index in [-0.39, 0.29) is 5.92 Å². The second-order valence-electron chi connectivity index (χ2n) is 3.10. The molecule has 5 heteroatoms. The number of rotatable bonds is 3. The highest BCUT2D eigenvalue weighted by molar-refractivity contribution is 7.46. The molecule has 0 amide bonds. The number of phosphoric ester groups is 1. The average Bonchev–Trinajstić information content (AvgIpc) is 1.78. The van der Waals surface area contributed by atoms with Crippen molar-refractivity contribution in [3.05, 3.63) is 12.2 Å². The normalized spacial score (nSPS) is 25.8. The zero-order valence-corrected chi connectivity index (χ0v) is 8.07. The molecule has 0 saturated carbocycles. The van der Waals surface area contributed by atoms with Crippen molar-refractivity contribution in [3.8, 4) is 12.3 Å². The van der Waals surface area contributed by atoms with E-state index in [1.54, 1.807) is 6.08 Å². The lowest BCUT2D eigenvalue weighted by Gasteiger charge is -2.34. The molecule has 2 unspecified atom stereocenters. The van der Waals surface area contributed by atoms with Crippen molar-refractivity contribution < 1.29 is 18.9 Å². The third-order valence-electron chi connectivity index (χ3n) is 2.06. The zero-order chi connectivity index (χ0) is 10.1. The first-order valence-corrected chi connectivity index (χ1v) is 5.31. The van der Waals surface area contributed by atoms with Crippen LogP contribution in [0.1, 0.15) is 13.3 Å². The first-order valence-electron chi connectivity index (χ1n) is 3.78. The van der Waals surface area contributed by atoms with E-state index in [9.17, 15) is 4.57 Å². The Morgan fingerprint density at radius 3 is 2.54 bits per heavy atom. The van der Waals surface area contributed by atoms with Gasteiger partial charge >= 0.3 is 7.82 Å². The highest BCUT2D eigenvalue weighted by Crippen LogP contribution is 2.46. The summed E-state index contributed by atoms with van der Waals surface area (Å²) in [7, 11) is -4.51. The van der Waals surface area contributed by atoms with Gasteiger partial charge in [-0.3, -0.25) is 4.52 Å². The summed E-state index contributed by atoms with van der Waals surface area (Å²) in [5.74, 6) is 2.16. The Kier molecular flexibility index (Phi) is 2.65. The number of allylic oxidation sites excluding steroid dienone is 1. The van der Waals surface area contributed by atoms with Gasteiger partial charge in [-0.25, -0.2) is 4.57 Å². The van der Waals surface area contributed by atoms with Crippen molar-refractivity contribution in [2.45, 2.75) is 18.9 Å². The second kappa shape index (κ2) is 3.28. The summed E-state index contributed by atoms with van der Waals surface area (Å²) < 4.78 is 15.2. The topological polar surface area (TPSA) is 66.8 Å². The van der Waals surface area contributed by atoms with Gasteiger partial charge in [-0.2, -0.15) is 0 Å². The minimum atomic E-state index is -4.51. The highest BCUT2D eigenvalue weighted by Gasteiger charge is 2.39. The van der Waals surface area contributed by atoms with Crippen LogP contribution >= 0.6 is 7.82 Å². The van der Waals surface area contributed by atoms with Crippen LogP contribution in [0.3, 0.4) is 0 Å². The molecule has 0 aromatic heterocycles. The smallest absolute Gasteiger partial charge is 0.303 e. The number of terminal acetylenes is 1. The molecule has 1 aliphatic rings. The van der Waals surface area contributed by atoms with Gasteiger partial charge < -0.3 is 9.79 Å².